The lowest BCUT2D eigenvalue weighted by atomic mass is 9.92. The quantitative estimate of drug-likeness (QED) is 0.577. The molecule has 96 valence electrons. The molecule has 3 rings (SSSR count). The zero-order chi connectivity index (χ0) is 13.7. The SMILES string of the molecule is C=C1c2ccc(O)c(C)c2Oc2cc(O)cc(O)c21. The first-order valence-corrected chi connectivity index (χ1v) is 5.75. The second-order valence-corrected chi connectivity index (χ2v) is 4.51. The van der Waals surface area contributed by atoms with Crippen molar-refractivity contribution in [1.82, 2.24) is 0 Å². The van der Waals surface area contributed by atoms with Crippen molar-refractivity contribution in [1.29, 1.82) is 0 Å². The van der Waals surface area contributed by atoms with Crippen LogP contribution in [0, 0.1) is 6.92 Å². The largest absolute Gasteiger partial charge is 0.508 e. The Kier molecular flexibility index (Phi) is 2.22. The summed E-state index contributed by atoms with van der Waals surface area (Å²) in [6.45, 7) is 5.69. The number of hydrogen-bond acceptors (Lipinski definition) is 4. The Morgan fingerprint density at radius 2 is 1.79 bits per heavy atom. The highest BCUT2D eigenvalue weighted by molar-refractivity contribution is 5.90. The predicted molar refractivity (Wildman–Crippen MR) is 70.8 cm³/mol. The Hall–Kier alpha value is -2.62. The minimum absolute atomic E-state index is 0.0867. The minimum Gasteiger partial charge on any atom is -0.508 e. The van der Waals surface area contributed by atoms with E-state index in [1.807, 2.05) is 0 Å². The van der Waals surface area contributed by atoms with E-state index in [9.17, 15) is 15.3 Å². The zero-order valence-electron chi connectivity index (χ0n) is 10.3. The van der Waals surface area contributed by atoms with E-state index in [1.165, 1.54) is 12.1 Å². The van der Waals surface area contributed by atoms with E-state index in [4.69, 9.17) is 4.74 Å². The maximum absolute atomic E-state index is 9.91. The van der Waals surface area contributed by atoms with Gasteiger partial charge in [0, 0.05) is 23.3 Å². The van der Waals surface area contributed by atoms with Crippen LogP contribution >= 0.6 is 0 Å². The summed E-state index contributed by atoms with van der Waals surface area (Å²) in [5.41, 5.74) is 2.35. The Balaban J connectivity index is 2.29. The highest BCUT2D eigenvalue weighted by Crippen LogP contribution is 2.50. The molecule has 3 N–H and O–H groups in total. The highest BCUT2D eigenvalue weighted by atomic mass is 16.5. The molecule has 1 aliphatic rings. The van der Waals surface area contributed by atoms with E-state index in [-0.39, 0.29) is 17.2 Å². The van der Waals surface area contributed by atoms with Gasteiger partial charge in [0.15, 0.2) is 0 Å². The van der Waals surface area contributed by atoms with Crippen molar-refractivity contribution in [2.75, 3.05) is 0 Å². The number of ether oxygens (including phenoxy) is 1. The summed E-state index contributed by atoms with van der Waals surface area (Å²) in [5.74, 6) is 0.757. The summed E-state index contributed by atoms with van der Waals surface area (Å²) in [7, 11) is 0. The van der Waals surface area contributed by atoms with Crippen LogP contribution in [0.2, 0.25) is 0 Å². The third-order valence-electron chi connectivity index (χ3n) is 3.28. The van der Waals surface area contributed by atoms with Gasteiger partial charge >= 0.3 is 0 Å². The van der Waals surface area contributed by atoms with Gasteiger partial charge in [0.25, 0.3) is 0 Å². The normalized spacial score (nSPS) is 12.6. The fraction of sp³-hybridized carbons (Fsp3) is 0.0667. The van der Waals surface area contributed by atoms with Gasteiger partial charge in [-0.1, -0.05) is 6.58 Å². The maximum atomic E-state index is 9.91. The number of phenolic OH excluding ortho intramolecular Hbond substituents is 3. The van der Waals surface area contributed by atoms with Crippen molar-refractivity contribution in [3.05, 3.63) is 47.5 Å². The van der Waals surface area contributed by atoms with Gasteiger partial charge in [-0.15, -0.1) is 0 Å². The summed E-state index contributed by atoms with van der Waals surface area (Å²) in [6, 6.07) is 5.90. The summed E-state index contributed by atoms with van der Waals surface area (Å²) in [6.07, 6.45) is 0. The van der Waals surface area contributed by atoms with E-state index >= 15 is 0 Å². The summed E-state index contributed by atoms with van der Waals surface area (Å²) >= 11 is 0. The van der Waals surface area contributed by atoms with Crippen molar-refractivity contribution >= 4 is 5.57 Å². The molecule has 0 atom stereocenters. The van der Waals surface area contributed by atoms with E-state index in [0.29, 0.717) is 33.8 Å². The van der Waals surface area contributed by atoms with Crippen LogP contribution in [-0.4, -0.2) is 15.3 Å². The molecule has 0 unspecified atom stereocenters. The third-order valence-corrected chi connectivity index (χ3v) is 3.28. The molecule has 0 saturated heterocycles. The molecule has 1 aliphatic heterocycles. The second-order valence-electron chi connectivity index (χ2n) is 4.51. The zero-order valence-corrected chi connectivity index (χ0v) is 10.3. The molecule has 0 radical (unpaired) electrons. The molecule has 0 bridgehead atoms. The third kappa shape index (κ3) is 1.53. The molecule has 2 aromatic carbocycles. The standard InChI is InChI=1S/C15H12O4/c1-7-10-3-4-11(17)8(2)15(10)19-13-6-9(16)5-12(18)14(7)13/h3-6,16-18H,1H2,2H3. The number of aromatic hydroxyl groups is 3. The first-order valence-electron chi connectivity index (χ1n) is 5.75. The van der Waals surface area contributed by atoms with Gasteiger partial charge in [-0.25, -0.2) is 0 Å². The molecule has 4 nitrogen and oxygen atoms in total. The Morgan fingerprint density at radius 3 is 2.53 bits per heavy atom. The van der Waals surface area contributed by atoms with Crippen LogP contribution in [0.15, 0.2) is 30.8 Å². The number of fused-ring (bicyclic) bond motifs is 2. The Labute approximate surface area is 109 Å². The van der Waals surface area contributed by atoms with Crippen molar-refractivity contribution < 1.29 is 20.1 Å². The number of hydrogen-bond donors (Lipinski definition) is 3. The predicted octanol–water partition coefficient (Wildman–Crippen LogP) is 3.28. The van der Waals surface area contributed by atoms with Crippen molar-refractivity contribution in [3.8, 4) is 28.7 Å². The molecular formula is C15H12O4. The van der Waals surface area contributed by atoms with Gasteiger partial charge in [-0.05, 0) is 24.6 Å². The molecule has 2 aromatic rings. The number of benzene rings is 2. The van der Waals surface area contributed by atoms with E-state index in [0.717, 1.165) is 0 Å². The topological polar surface area (TPSA) is 69.9 Å². The van der Waals surface area contributed by atoms with Crippen LogP contribution in [0.25, 0.3) is 5.57 Å². The second kappa shape index (κ2) is 3.68. The molecule has 0 aromatic heterocycles. The minimum atomic E-state index is -0.0923. The highest BCUT2D eigenvalue weighted by Gasteiger charge is 2.26. The summed E-state index contributed by atoms with van der Waals surface area (Å²) in [4.78, 5) is 0. The van der Waals surface area contributed by atoms with Gasteiger partial charge in [0.2, 0.25) is 0 Å². The molecule has 0 saturated carbocycles. The van der Waals surface area contributed by atoms with Crippen LogP contribution in [0.3, 0.4) is 0 Å². The van der Waals surface area contributed by atoms with Crippen molar-refractivity contribution in [2.45, 2.75) is 6.92 Å². The average molecular weight is 256 g/mol. The van der Waals surface area contributed by atoms with Crippen LogP contribution < -0.4 is 4.74 Å². The molecular weight excluding hydrogens is 244 g/mol. The number of phenols is 3. The van der Waals surface area contributed by atoms with Gasteiger partial charge in [0.1, 0.15) is 28.7 Å². The number of rotatable bonds is 0. The van der Waals surface area contributed by atoms with E-state index in [1.54, 1.807) is 19.1 Å². The molecule has 4 heteroatoms. The van der Waals surface area contributed by atoms with E-state index < -0.39 is 0 Å². The fourth-order valence-electron chi connectivity index (χ4n) is 2.27. The lowest BCUT2D eigenvalue weighted by Crippen LogP contribution is -2.03. The van der Waals surface area contributed by atoms with Gasteiger partial charge in [-0.2, -0.15) is 0 Å². The average Bonchev–Trinajstić information content (AvgIpc) is 2.33. The van der Waals surface area contributed by atoms with Crippen molar-refractivity contribution in [2.24, 2.45) is 0 Å². The summed E-state index contributed by atoms with van der Waals surface area (Å²) in [5, 5.41) is 29.1. The van der Waals surface area contributed by atoms with Crippen LogP contribution in [0.5, 0.6) is 28.7 Å². The lowest BCUT2D eigenvalue weighted by Gasteiger charge is -2.24. The van der Waals surface area contributed by atoms with Crippen LogP contribution in [0.1, 0.15) is 16.7 Å². The van der Waals surface area contributed by atoms with Gasteiger partial charge < -0.3 is 20.1 Å². The Bertz CT molecular complexity index is 717. The van der Waals surface area contributed by atoms with E-state index in [2.05, 4.69) is 6.58 Å². The maximum Gasteiger partial charge on any atom is 0.142 e. The smallest absolute Gasteiger partial charge is 0.142 e. The first kappa shape index (κ1) is 11.5. The summed E-state index contributed by atoms with van der Waals surface area (Å²) < 4.78 is 5.68. The first-order chi connectivity index (χ1) is 8.99. The fourth-order valence-corrected chi connectivity index (χ4v) is 2.27. The molecule has 0 amide bonds. The van der Waals surface area contributed by atoms with Crippen molar-refractivity contribution in [3.63, 3.8) is 0 Å². The molecule has 0 spiro atoms. The van der Waals surface area contributed by atoms with Gasteiger partial charge in [-0.3, -0.25) is 0 Å². The van der Waals surface area contributed by atoms with Crippen LogP contribution in [-0.2, 0) is 0 Å². The monoisotopic (exact) mass is 256 g/mol. The molecule has 0 fully saturated rings. The van der Waals surface area contributed by atoms with Crippen LogP contribution in [0.4, 0.5) is 0 Å². The van der Waals surface area contributed by atoms with Gasteiger partial charge in [0.05, 0.1) is 5.56 Å². The molecule has 1 heterocycles. The Morgan fingerprint density at radius 1 is 1.05 bits per heavy atom. The lowest BCUT2D eigenvalue weighted by molar-refractivity contribution is 0.420. The molecule has 0 aliphatic carbocycles. The molecule has 19 heavy (non-hydrogen) atoms.